The van der Waals surface area contributed by atoms with Gasteiger partial charge in [0, 0.05) is 12.5 Å². The lowest BCUT2D eigenvalue weighted by molar-refractivity contribution is -0.131. The van der Waals surface area contributed by atoms with Crippen LogP contribution in [0.2, 0.25) is 0 Å². The highest BCUT2D eigenvalue weighted by molar-refractivity contribution is 5.85. The second kappa shape index (κ2) is 6.51. The SMILES string of the molecule is CCc1nc(COc2cccc(C=CC(=O)O)c2)no1. The maximum absolute atomic E-state index is 10.5. The summed E-state index contributed by atoms with van der Waals surface area (Å²) in [6.07, 6.45) is 3.26. The Morgan fingerprint density at radius 1 is 1.50 bits per heavy atom. The summed E-state index contributed by atoms with van der Waals surface area (Å²) in [6, 6.07) is 7.08. The van der Waals surface area contributed by atoms with Crippen LogP contribution in [0.25, 0.3) is 6.08 Å². The van der Waals surface area contributed by atoms with Gasteiger partial charge in [-0.05, 0) is 23.8 Å². The fourth-order valence-corrected chi connectivity index (χ4v) is 1.52. The molecule has 0 spiro atoms. The maximum atomic E-state index is 10.5. The predicted molar refractivity (Wildman–Crippen MR) is 71.1 cm³/mol. The van der Waals surface area contributed by atoms with Crippen molar-refractivity contribution in [1.82, 2.24) is 10.1 Å². The Hall–Kier alpha value is -2.63. The Morgan fingerprint density at radius 3 is 3.05 bits per heavy atom. The molecule has 1 N–H and O–H groups in total. The van der Waals surface area contributed by atoms with Crippen LogP contribution in [0.5, 0.6) is 5.75 Å². The maximum Gasteiger partial charge on any atom is 0.328 e. The van der Waals surface area contributed by atoms with Crippen LogP contribution in [0.1, 0.15) is 24.2 Å². The Morgan fingerprint density at radius 2 is 2.35 bits per heavy atom. The number of rotatable bonds is 6. The highest BCUT2D eigenvalue weighted by atomic mass is 16.5. The standard InChI is InChI=1S/C14H14N2O4/c1-2-13-15-12(16-20-13)9-19-11-5-3-4-10(8-11)6-7-14(17)18/h3-8H,2,9H2,1H3,(H,17,18). The summed E-state index contributed by atoms with van der Waals surface area (Å²) in [6.45, 7) is 2.13. The molecule has 6 heteroatoms. The molecule has 0 fully saturated rings. The Kier molecular flexibility index (Phi) is 4.49. The zero-order valence-electron chi connectivity index (χ0n) is 10.9. The topological polar surface area (TPSA) is 85.5 Å². The van der Waals surface area contributed by atoms with E-state index >= 15 is 0 Å². The summed E-state index contributed by atoms with van der Waals surface area (Å²) < 4.78 is 10.5. The molecule has 1 aromatic heterocycles. The summed E-state index contributed by atoms with van der Waals surface area (Å²) in [7, 11) is 0. The van der Waals surface area contributed by atoms with Gasteiger partial charge in [-0.2, -0.15) is 4.98 Å². The lowest BCUT2D eigenvalue weighted by Crippen LogP contribution is -1.98. The van der Waals surface area contributed by atoms with E-state index in [9.17, 15) is 4.79 Å². The summed E-state index contributed by atoms with van der Waals surface area (Å²) in [4.78, 5) is 14.6. The highest BCUT2D eigenvalue weighted by Crippen LogP contribution is 2.15. The van der Waals surface area contributed by atoms with Gasteiger partial charge in [0.1, 0.15) is 5.75 Å². The minimum atomic E-state index is -0.991. The zero-order valence-corrected chi connectivity index (χ0v) is 10.9. The molecule has 0 aliphatic rings. The second-order valence-corrected chi connectivity index (χ2v) is 3.99. The van der Waals surface area contributed by atoms with E-state index in [-0.39, 0.29) is 6.61 Å². The Bertz CT molecular complexity index is 619. The minimum absolute atomic E-state index is 0.204. The first-order valence-corrected chi connectivity index (χ1v) is 6.12. The normalized spacial score (nSPS) is 10.8. The molecule has 104 valence electrons. The lowest BCUT2D eigenvalue weighted by Gasteiger charge is -2.03. The van der Waals surface area contributed by atoms with Crippen LogP contribution in [0.15, 0.2) is 34.9 Å². The number of carbonyl (C=O) groups is 1. The lowest BCUT2D eigenvalue weighted by atomic mass is 10.2. The van der Waals surface area contributed by atoms with Gasteiger partial charge in [0.05, 0.1) is 0 Å². The molecule has 1 aromatic carbocycles. The molecule has 6 nitrogen and oxygen atoms in total. The molecule has 0 atom stereocenters. The van der Waals surface area contributed by atoms with E-state index in [1.54, 1.807) is 24.3 Å². The monoisotopic (exact) mass is 274 g/mol. The highest BCUT2D eigenvalue weighted by Gasteiger charge is 2.05. The number of carboxylic acid groups (broad SMARTS) is 1. The third-order valence-corrected chi connectivity index (χ3v) is 2.46. The van der Waals surface area contributed by atoms with Gasteiger partial charge >= 0.3 is 5.97 Å². The van der Waals surface area contributed by atoms with Crippen molar-refractivity contribution in [3.05, 3.63) is 47.6 Å². The molecule has 20 heavy (non-hydrogen) atoms. The number of hydrogen-bond acceptors (Lipinski definition) is 5. The number of nitrogens with zero attached hydrogens (tertiary/aromatic N) is 2. The van der Waals surface area contributed by atoms with Gasteiger partial charge in [0.25, 0.3) is 0 Å². The summed E-state index contributed by atoms with van der Waals surface area (Å²) in [5.74, 6) is 0.672. The third kappa shape index (κ3) is 3.94. The van der Waals surface area contributed by atoms with Crippen molar-refractivity contribution in [3.63, 3.8) is 0 Å². The Labute approximate surface area is 115 Å². The van der Waals surface area contributed by atoms with Crippen molar-refractivity contribution < 1.29 is 19.2 Å². The number of aromatic nitrogens is 2. The van der Waals surface area contributed by atoms with E-state index in [1.807, 2.05) is 6.92 Å². The van der Waals surface area contributed by atoms with Crippen molar-refractivity contribution in [3.8, 4) is 5.75 Å². The molecular formula is C14H14N2O4. The summed E-state index contributed by atoms with van der Waals surface area (Å²) in [5, 5.41) is 12.4. The van der Waals surface area contributed by atoms with E-state index in [0.717, 1.165) is 11.6 Å². The molecule has 0 saturated heterocycles. The van der Waals surface area contributed by atoms with Crippen LogP contribution in [0, 0.1) is 0 Å². The predicted octanol–water partition coefficient (Wildman–Crippen LogP) is 2.31. The molecule has 0 radical (unpaired) electrons. The molecule has 0 saturated carbocycles. The summed E-state index contributed by atoms with van der Waals surface area (Å²) >= 11 is 0. The Balaban J connectivity index is 1.99. The van der Waals surface area contributed by atoms with Crippen molar-refractivity contribution in [2.75, 3.05) is 0 Å². The largest absolute Gasteiger partial charge is 0.485 e. The van der Waals surface area contributed by atoms with Gasteiger partial charge < -0.3 is 14.4 Å². The third-order valence-electron chi connectivity index (χ3n) is 2.46. The van der Waals surface area contributed by atoms with E-state index in [1.165, 1.54) is 6.08 Å². The van der Waals surface area contributed by atoms with Crippen molar-refractivity contribution in [1.29, 1.82) is 0 Å². The zero-order chi connectivity index (χ0) is 14.4. The van der Waals surface area contributed by atoms with Crippen LogP contribution in [0.4, 0.5) is 0 Å². The molecule has 0 aliphatic heterocycles. The first-order chi connectivity index (χ1) is 9.67. The van der Waals surface area contributed by atoms with E-state index in [2.05, 4.69) is 10.1 Å². The van der Waals surface area contributed by atoms with Gasteiger partial charge in [0.15, 0.2) is 6.61 Å². The minimum Gasteiger partial charge on any atom is -0.485 e. The first-order valence-electron chi connectivity index (χ1n) is 6.12. The number of aliphatic carboxylic acids is 1. The molecule has 0 bridgehead atoms. The fourth-order valence-electron chi connectivity index (χ4n) is 1.52. The van der Waals surface area contributed by atoms with Crippen LogP contribution in [-0.2, 0) is 17.8 Å². The van der Waals surface area contributed by atoms with Gasteiger partial charge in [-0.25, -0.2) is 4.79 Å². The molecule has 0 unspecified atom stereocenters. The summed E-state index contributed by atoms with van der Waals surface area (Å²) in [5.41, 5.74) is 0.743. The number of hydrogen-bond donors (Lipinski definition) is 1. The number of benzene rings is 1. The van der Waals surface area contributed by atoms with Crippen molar-refractivity contribution in [2.24, 2.45) is 0 Å². The number of aryl methyl sites for hydroxylation is 1. The molecule has 1 heterocycles. The molecular weight excluding hydrogens is 260 g/mol. The van der Waals surface area contributed by atoms with E-state index in [4.69, 9.17) is 14.4 Å². The van der Waals surface area contributed by atoms with E-state index < -0.39 is 5.97 Å². The van der Waals surface area contributed by atoms with Crippen LogP contribution >= 0.6 is 0 Å². The second-order valence-electron chi connectivity index (χ2n) is 3.99. The van der Waals surface area contributed by atoms with Crippen LogP contribution < -0.4 is 4.74 Å². The van der Waals surface area contributed by atoms with Crippen molar-refractivity contribution >= 4 is 12.0 Å². The van der Waals surface area contributed by atoms with Gasteiger partial charge in [-0.15, -0.1) is 0 Å². The molecule has 2 aromatic rings. The van der Waals surface area contributed by atoms with Gasteiger partial charge in [0.2, 0.25) is 11.7 Å². The smallest absolute Gasteiger partial charge is 0.328 e. The fraction of sp³-hybridized carbons (Fsp3) is 0.214. The van der Waals surface area contributed by atoms with Crippen molar-refractivity contribution in [2.45, 2.75) is 20.0 Å². The number of carboxylic acids is 1. The first kappa shape index (κ1) is 13.8. The average molecular weight is 274 g/mol. The molecule has 2 rings (SSSR count). The van der Waals surface area contributed by atoms with Crippen LogP contribution in [0.3, 0.4) is 0 Å². The van der Waals surface area contributed by atoms with Gasteiger partial charge in [-0.1, -0.05) is 24.2 Å². The van der Waals surface area contributed by atoms with Crippen LogP contribution in [-0.4, -0.2) is 21.2 Å². The molecule has 0 aliphatic carbocycles. The van der Waals surface area contributed by atoms with E-state index in [0.29, 0.717) is 23.9 Å². The molecule has 0 amide bonds. The number of ether oxygens (including phenoxy) is 1. The average Bonchev–Trinajstić information content (AvgIpc) is 2.91. The quantitative estimate of drug-likeness (QED) is 0.813. The van der Waals surface area contributed by atoms with Gasteiger partial charge in [-0.3, -0.25) is 0 Å².